The fourth-order valence-corrected chi connectivity index (χ4v) is 2.04. The lowest BCUT2D eigenvalue weighted by Crippen LogP contribution is -2.12. The van der Waals surface area contributed by atoms with Crippen molar-refractivity contribution in [3.05, 3.63) is 16.3 Å². The summed E-state index contributed by atoms with van der Waals surface area (Å²) in [7, 11) is 1.51. The van der Waals surface area contributed by atoms with Crippen molar-refractivity contribution < 1.29 is 14.3 Å². The summed E-state index contributed by atoms with van der Waals surface area (Å²) in [5.41, 5.74) is 0. The van der Waals surface area contributed by atoms with E-state index in [-0.39, 0.29) is 17.9 Å². The van der Waals surface area contributed by atoms with E-state index in [1.165, 1.54) is 18.4 Å². The van der Waals surface area contributed by atoms with Gasteiger partial charge in [-0.05, 0) is 18.4 Å². The van der Waals surface area contributed by atoms with E-state index in [4.69, 9.17) is 9.47 Å². The molecule has 2 heterocycles. The average molecular weight is 268 g/mol. The number of aromatic amines is 1. The van der Waals surface area contributed by atoms with Crippen molar-refractivity contribution in [2.24, 2.45) is 0 Å². The predicted molar refractivity (Wildman–Crippen MR) is 66.4 cm³/mol. The van der Waals surface area contributed by atoms with Gasteiger partial charge in [0.05, 0.1) is 13.7 Å². The van der Waals surface area contributed by atoms with Gasteiger partial charge in [-0.15, -0.1) is 16.4 Å². The average Bonchev–Trinajstić information content (AvgIpc) is 2.98. The van der Waals surface area contributed by atoms with Gasteiger partial charge < -0.3 is 9.47 Å². The van der Waals surface area contributed by atoms with Gasteiger partial charge in [-0.3, -0.25) is 10.1 Å². The van der Waals surface area contributed by atoms with Gasteiger partial charge in [0.1, 0.15) is 10.6 Å². The third kappa shape index (κ3) is 2.59. The first-order valence-electron chi connectivity index (χ1n) is 5.22. The maximum atomic E-state index is 11.9. The summed E-state index contributed by atoms with van der Waals surface area (Å²) in [6.07, 6.45) is 0. The van der Waals surface area contributed by atoms with E-state index < -0.39 is 0 Å². The summed E-state index contributed by atoms with van der Waals surface area (Å²) in [5.74, 6) is 0.460. The van der Waals surface area contributed by atoms with Gasteiger partial charge in [0, 0.05) is 0 Å². The van der Waals surface area contributed by atoms with Crippen molar-refractivity contribution in [2.75, 3.05) is 19.0 Å². The minimum atomic E-state index is -0.305. The summed E-state index contributed by atoms with van der Waals surface area (Å²) >= 11 is 1.29. The number of nitrogens with one attached hydrogen (secondary N) is 2. The summed E-state index contributed by atoms with van der Waals surface area (Å²) < 4.78 is 10.1. The van der Waals surface area contributed by atoms with E-state index in [9.17, 15) is 4.79 Å². The maximum absolute atomic E-state index is 11.9. The number of anilines is 1. The molecule has 7 nitrogen and oxygen atoms in total. The van der Waals surface area contributed by atoms with Crippen LogP contribution in [-0.4, -0.2) is 34.8 Å². The highest BCUT2D eigenvalue weighted by atomic mass is 32.1. The standard InChI is InChI=1S/C10H12N4O3S/c1-3-17-10-12-9(13-14-10)11-8(15)7-6(16-2)4-5-18-7/h4-5H,3H2,1-2H3,(H2,11,12,13,14,15). The van der Waals surface area contributed by atoms with Crippen molar-refractivity contribution in [1.82, 2.24) is 15.2 Å². The number of hydrogen-bond acceptors (Lipinski definition) is 6. The number of aromatic nitrogens is 3. The highest BCUT2D eigenvalue weighted by Crippen LogP contribution is 2.25. The Labute approximate surface area is 107 Å². The lowest BCUT2D eigenvalue weighted by Gasteiger charge is -2.01. The topological polar surface area (TPSA) is 89.1 Å². The molecule has 0 aliphatic carbocycles. The molecule has 96 valence electrons. The van der Waals surface area contributed by atoms with Gasteiger partial charge in [-0.1, -0.05) is 0 Å². The van der Waals surface area contributed by atoms with Crippen LogP contribution < -0.4 is 14.8 Å². The van der Waals surface area contributed by atoms with Crippen LogP contribution in [0.3, 0.4) is 0 Å². The van der Waals surface area contributed by atoms with E-state index in [2.05, 4.69) is 20.5 Å². The van der Waals surface area contributed by atoms with Crippen LogP contribution in [0.5, 0.6) is 11.8 Å². The molecule has 0 saturated carbocycles. The second-order valence-electron chi connectivity index (χ2n) is 3.17. The number of methoxy groups -OCH3 is 1. The van der Waals surface area contributed by atoms with Gasteiger partial charge in [-0.25, -0.2) is 5.10 Å². The third-order valence-corrected chi connectivity index (χ3v) is 2.92. The molecule has 0 unspecified atom stereocenters. The molecule has 2 aromatic heterocycles. The first-order valence-corrected chi connectivity index (χ1v) is 6.10. The molecule has 0 aromatic carbocycles. The molecule has 2 rings (SSSR count). The summed E-state index contributed by atoms with van der Waals surface area (Å²) in [6.45, 7) is 2.29. The predicted octanol–water partition coefficient (Wildman–Crippen LogP) is 1.53. The number of thiophene rings is 1. The highest BCUT2D eigenvalue weighted by Gasteiger charge is 2.15. The zero-order valence-corrected chi connectivity index (χ0v) is 10.7. The molecule has 8 heteroatoms. The first-order chi connectivity index (χ1) is 8.74. The van der Waals surface area contributed by atoms with Crippen LogP contribution in [0.2, 0.25) is 0 Å². The monoisotopic (exact) mass is 268 g/mol. The van der Waals surface area contributed by atoms with Crippen LogP contribution in [0, 0.1) is 0 Å². The Morgan fingerprint density at radius 2 is 2.44 bits per heavy atom. The summed E-state index contributed by atoms with van der Waals surface area (Å²) in [6, 6.07) is 1.93. The van der Waals surface area contributed by atoms with Crippen molar-refractivity contribution in [3.63, 3.8) is 0 Å². The van der Waals surface area contributed by atoms with Crippen LogP contribution in [0.4, 0.5) is 5.95 Å². The number of hydrogen-bond donors (Lipinski definition) is 2. The quantitative estimate of drug-likeness (QED) is 0.858. The second-order valence-corrected chi connectivity index (χ2v) is 4.09. The van der Waals surface area contributed by atoms with Gasteiger partial charge >= 0.3 is 6.01 Å². The Hall–Kier alpha value is -2.09. The SMILES string of the molecule is CCOc1n[nH]c(NC(=O)c2sccc2OC)n1. The number of nitrogens with zero attached hydrogens (tertiary/aromatic N) is 2. The van der Waals surface area contributed by atoms with Crippen LogP contribution in [0.1, 0.15) is 16.6 Å². The molecule has 2 N–H and O–H groups in total. The fraction of sp³-hybridized carbons (Fsp3) is 0.300. The Morgan fingerprint density at radius 1 is 1.61 bits per heavy atom. The van der Waals surface area contributed by atoms with Crippen LogP contribution >= 0.6 is 11.3 Å². The Morgan fingerprint density at radius 3 is 3.17 bits per heavy atom. The molecular weight excluding hydrogens is 256 g/mol. The van der Waals surface area contributed by atoms with Crippen molar-refractivity contribution >= 4 is 23.2 Å². The molecule has 0 bridgehead atoms. The number of H-pyrrole nitrogens is 1. The number of ether oxygens (including phenoxy) is 2. The van der Waals surface area contributed by atoms with Gasteiger partial charge in [0.2, 0.25) is 5.95 Å². The maximum Gasteiger partial charge on any atom is 0.337 e. The Balaban J connectivity index is 2.06. The van der Waals surface area contributed by atoms with Crippen LogP contribution in [-0.2, 0) is 0 Å². The lowest BCUT2D eigenvalue weighted by molar-refractivity contribution is 0.102. The van der Waals surface area contributed by atoms with Crippen LogP contribution in [0.15, 0.2) is 11.4 Å². The van der Waals surface area contributed by atoms with Gasteiger partial charge in [0.15, 0.2) is 0 Å². The molecule has 0 spiro atoms. The number of rotatable bonds is 5. The molecule has 0 atom stereocenters. The minimum Gasteiger partial charge on any atom is -0.495 e. The number of amides is 1. The van der Waals surface area contributed by atoms with E-state index in [1.54, 1.807) is 11.4 Å². The summed E-state index contributed by atoms with van der Waals surface area (Å²) in [4.78, 5) is 16.3. The molecule has 0 aliphatic rings. The molecule has 0 saturated heterocycles. The molecule has 0 radical (unpaired) electrons. The van der Waals surface area contributed by atoms with Crippen molar-refractivity contribution in [3.8, 4) is 11.8 Å². The Bertz CT molecular complexity index is 537. The fourth-order valence-electron chi connectivity index (χ4n) is 1.28. The van der Waals surface area contributed by atoms with Gasteiger partial charge in [0.25, 0.3) is 5.91 Å². The number of carbonyl (C=O) groups is 1. The number of carbonyl (C=O) groups excluding carboxylic acids is 1. The van der Waals surface area contributed by atoms with E-state index in [0.717, 1.165) is 0 Å². The first kappa shape index (κ1) is 12.4. The Kier molecular flexibility index (Phi) is 3.78. The largest absolute Gasteiger partial charge is 0.495 e. The zero-order valence-electron chi connectivity index (χ0n) is 9.89. The van der Waals surface area contributed by atoms with Gasteiger partial charge in [-0.2, -0.15) is 4.98 Å². The molecule has 0 aliphatic heterocycles. The normalized spacial score (nSPS) is 10.1. The van der Waals surface area contributed by atoms with Crippen molar-refractivity contribution in [1.29, 1.82) is 0 Å². The molecule has 18 heavy (non-hydrogen) atoms. The van der Waals surface area contributed by atoms with E-state index in [1.807, 2.05) is 6.92 Å². The zero-order chi connectivity index (χ0) is 13.0. The summed E-state index contributed by atoms with van der Waals surface area (Å²) in [5, 5.41) is 10.7. The third-order valence-electron chi connectivity index (χ3n) is 2.03. The lowest BCUT2D eigenvalue weighted by atomic mass is 10.4. The minimum absolute atomic E-state index is 0.200. The highest BCUT2D eigenvalue weighted by molar-refractivity contribution is 7.12. The smallest absolute Gasteiger partial charge is 0.337 e. The van der Waals surface area contributed by atoms with Crippen molar-refractivity contribution in [2.45, 2.75) is 6.92 Å². The molecular formula is C10H12N4O3S. The van der Waals surface area contributed by atoms with E-state index in [0.29, 0.717) is 17.2 Å². The molecule has 1 amide bonds. The van der Waals surface area contributed by atoms with E-state index >= 15 is 0 Å². The van der Waals surface area contributed by atoms with Crippen LogP contribution in [0.25, 0.3) is 0 Å². The second kappa shape index (κ2) is 5.50. The molecule has 0 fully saturated rings. The molecule has 2 aromatic rings.